The van der Waals surface area contributed by atoms with Crippen LogP contribution in [0.2, 0.25) is 0 Å². The van der Waals surface area contributed by atoms with Crippen molar-refractivity contribution in [2.75, 3.05) is 39.8 Å². The van der Waals surface area contributed by atoms with Crippen molar-refractivity contribution in [2.24, 2.45) is 0 Å². The molecule has 0 aliphatic carbocycles. The second kappa shape index (κ2) is 7.60. The third kappa shape index (κ3) is 3.31. The van der Waals surface area contributed by atoms with Crippen molar-refractivity contribution in [3.63, 3.8) is 0 Å². The molecule has 0 bridgehead atoms. The molecule has 6 nitrogen and oxygen atoms in total. The molecule has 1 atom stereocenters. The minimum atomic E-state index is 0.0128. The van der Waals surface area contributed by atoms with Gasteiger partial charge in [-0.05, 0) is 31.0 Å². The summed E-state index contributed by atoms with van der Waals surface area (Å²) in [5, 5.41) is 0.960. The Morgan fingerprint density at radius 2 is 2.04 bits per heavy atom. The molecule has 1 aromatic carbocycles. The van der Waals surface area contributed by atoms with Crippen LogP contribution in [-0.4, -0.2) is 50.7 Å². The van der Waals surface area contributed by atoms with Crippen molar-refractivity contribution >= 4 is 43.2 Å². The first kappa shape index (κ1) is 19.0. The molecule has 28 heavy (non-hydrogen) atoms. The van der Waals surface area contributed by atoms with E-state index in [4.69, 9.17) is 9.47 Å². The Hall–Kier alpha value is -2.32. The molecule has 8 heteroatoms. The van der Waals surface area contributed by atoms with E-state index in [1.165, 1.54) is 11.3 Å². The normalized spacial score (nSPS) is 16.6. The van der Waals surface area contributed by atoms with Gasteiger partial charge in [0.05, 0.1) is 29.8 Å². The largest absolute Gasteiger partial charge is 0.497 e. The maximum absolute atomic E-state index is 13.3. The third-order valence-corrected chi connectivity index (χ3v) is 7.30. The fourth-order valence-corrected chi connectivity index (χ4v) is 5.68. The quantitative estimate of drug-likeness (QED) is 0.615. The highest BCUT2D eigenvalue weighted by Crippen LogP contribution is 2.41. The number of methoxy groups -OCH3 is 2. The van der Waals surface area contributed by atoms with Crippen molar-refractivity contribution in [1.29, 1.82) is 0 Å². The first-order valence-electron chi connectivity index (χ1n) is 9.12. The standard InChI is InChI=1S/C20H23N3O3S2/c1-22(2)20-21-18-16(28-20)11-17(27-18)19(24)23-9-5-6-14(23)13-8-7-12(25-3)10-15(13)26-4/h7-8,10-11,14H,5-6,9H2,1-4H3/t14-/m0/s1. The van der Waals surface area contributed by atoms with Gasteiger partial charge >= 0.3 is 0 Å². The van der Waals surface area contributed by atoms with Gasteiger partial charge in [-0.1, -0.05) is 11.3 Å². The van der Waals surface area contributed by atoms with Gasteiger partial charge in [-0.15, -0.1) is 11.3 Å². The highest BCUT2D eigenvalue weighted by Gasteiger charge is 2.33. The summed E-state index contributed by atoms with van der Waals surface area (Å²) in [7, 11) is 7.25. The van der Waals surface area contributed by atoms with E-state index in [0.29, 0.717) is 0 Å². The maximum Gasteiger partial charge on any atom is 0.264 e. The summed E-state index contributed by atoms with van der Waals surface area (Å²) in [4.78, 5) is 23.5. The molecule has 0 N–H and O–H groups in total. The monoisotopic (exact) mass is 417 g/mol. The summed E-state index contributed by atoms with van der Waals surface area (Å²) in [6.45, 7) is 0.751. The molecule has 1 saturated heterocycles. The molecule has 1 fully saturated rings. The summed E-state index contributed by atoms with van der Waals surface area (Å²) in [6.07, 6.45) is 1.91. The summed E-state index contributed by atoms with van der Waals surface area (Å²) in [5.41, 5.74) is 1.03. The summed E-state index contributed by atoms with van der Waals surface area (Å²) >= 11 is 3.09. The van der Waals surface area contributed by atoms with Crippen LogP contribution in [0.15, 0.2) is 24.3 Å². The SMILES string of the molecule is COc1ccc([C@@H]2CCCN2C(=O)c2cc3sc(N(C)C)nc3s2)c(OC)c1. The van der Waals surface area contributed by atoms with E-state index in [-0.39, 0.29) is 11.9 Å². The maximum atomic E-state index is 13.3. The highest BCUT2D eigenvalue weighted by atomic mass is 32.1. The van der Waals surface area contributed by atoms with E-state index < -0.39 is 0 Å². The molecule has 0 unspecified atom stereocenters. The Morgan fingerprint density at radius 3 is 2.71 bits per heavy atom. The van der Waals surface area contributed by atoms with Gasteiger partial charge in [0.1, 0.15) is 16.3 Å². The fraction of sp³-hybridized carbons (Fsp3) is 0.400. The van der Waals surface area contributed by atoms with Gasteiger partial charge in [0.25, 0.3) is 5.91 Å². The highest BCUT2D eigenvalue weighted by molar-refractivity contribution is 7.29. The number of carbonyl (C=O) groups excluding carboxylic acids is 1. The molecular weight excluding hydrogens is 394 g/mol. The van der Waals surface area contributed by atoms with Crippen LogP contribution in [0.25, 0.3) is 9.53 Å². The number of thiazole rings is 1. The zero-order valence-corrected chi connectivity index (χ0v) is 18.0. The molecule has 148 valence electrons. The van der Waals surface area contributed by atoms with Crippen LogP contribution in [0.5, 0.6) is 11.5 Å². The lowest BCUT2D eigenvalue weighted by atomic mass is 10.0. The molecule has 1 aliphatic rings. The minimum absolute atomic E-state index is 0.0128. The number of anilines is 1. The van der Waals surface area contributed by atoms with Crippen LogP contribution >= 0.6 is 22.7 Å². The first-order chi connectivity index (χ1) is 13.5. The second-order valence-corrected chi connectivity index (χ2v) is 8.98. The van der Waals surface area contributed by atoms with Gasteiger partial charge in [0.2, 0.25) is 0 Å². The lowest BCUT2D eigenvalue weighted by molar-refractivity contribution is 0.0739. The van der Waals surface area contributed by atoms with Crippen LogP contribution in [0.1, 0.15) is 34.1 Å². The van der Waals surface area contributed by atoms with E-state index in [1.54, 1.807) is 25.6 Å². The van der Waals surface area contributed by atoms with E-state index in [9.17, 15) is 4.79 Å². The van der Waals surface area contributed by atoms with Gasteiger partial charge in [-0.3, -0.25) is 4.79 Å². The molecule has 3 heterocycles. The number of hydrogen-bond acceptors (Lipinski definition) is 7. The van der Waals surface area contributed by atoms with Crippen molar-refractivity contribution < 1.29 is 14.3 Å². The molecule has 1 aliphatic heterocycles. The van der Waals surface area contributed by atoms with E-state index >= 15 is 0 Å². The number of fused-ring (bicyclic) bond motifs is 1. The topological polar surface area (TPSA) is 54.9 Å². The molecule has 1 amide bonds. The van der Waals surface area contributed by atoms with Crippen LogP contribution in [-0.2, 0) is 0 Å². The average molecular weight is 418 g/mol. The summed E-state index contributed by atoms with van der Waals surface area (Å²) in [5.74, 6) is 1.58. The van der Waals surface area contributed by atoms with Gasteiger partial charge in [-0.25, -0.2) is 4.98 Å². The predicted octanol–water partition coefficient (Wildman–Crippen LogP) is 4.42. The van der Waals surface area contributed by atoms with Gasteiger partial charge < -0.3 is 19.3 Å². The lowest BCUT2D eigenvalue weighted by Crippen LogP contribution is -2.30. The number of thiophene rings is 1. The number of aromatic nitrogens is 1. The molecule has 3 aromatic rings. The molecule has 0 saturated carbocycles. The van der Waals surface area contributed by atoms with Gasteiger partial charge in [0.15, 0.2) is 5.13 Å². The van der Waals surface area contributed by atoms with Crippen molar-refractivity contribution in [1.82, 2.24) is 9.88 Å². The smallest absolute Gasteiger partial charge is 0.264 e. The van der Waals surface area contributed by atoms with Crippen LogP contribution < -0.4 is 14.4 Å². The number of ether oxygens (including phenoxy) is 2. The molecule has 0 spiro atoms. The van der Waals surface area contributed by atoms with Gasteiger partial charge in [0, 0.05) is 32.3 Å². The van der Waals surface area contributed by atoms with E-state index in [1.807, 2.05) is 48.2 Å². The summed E-state index contributed by atoms with van der Waals surface area (Å²) < 4.78 is 11.9. The Bertz CT molecular complexity index is 980. The lowest BCUT2D eigenvalue weighted by Gasteiger charge is -2.26. The molecule has 4 rings (SSSR count). The number of hydrogen-bond donors (Lipinski definition) is 0. The third-order valence-electron chi connectivity index (χ3n) is 4.98. The fourth-order valence-electron chi connectivity index (χ4n) is 3.59. The van der Waals surface area contributed by atoms with Crippen LogP contribution in [0.3, 0.4) is 0 Å². The van der Waals surface area contributed by atoms with E-state index in [2.05, 4.69) is 4.98 Å². The summed E-state index contributed by atoms with van der Waals surface area (Å²) in [6, 6.07) is 7.80. The zero-order valence-electron chi connectivity index (χ0n) is 16.4. The van der Waals surface area contributed by atoms with Crippen molar-refractivity contribution in [3.05, 3.63) is 34.7 Å². The average Bonchev–Trinajstić information content (AvgIpc) is 3.41. The van der Waals surface area contributed by atoms with Gasteiger partial charge in [-0.2, -0.15) is 0 Å². The Kier molecular flexibility index (Phi) is 5.16. The van der Waals surface area contributed by atoms with Crippen LogP contribution in [0, 0.1) is 0 Å². The Labute approximate surface area is 172 Å². The number of nitrogens with zero attached hydrogens (tertiary/aromatic N) is 3. The number of carbonyl (C=O) groups is 1. The van der Waals surface area contributed by atoms with Crippen molar-refractivity contribution in [3.8, 4) is 11.5 Å². The first-order valence-corrected chi connectivity index (χ1v) is 10.8. The Morgan fingerprint density at radius 1 is 1.21 bits per heavy atom. The molecule has 2 aromatic heterocycles. The molecule has 0 radical (unpaired) electrons. The molecular formula is C20H23N3O3S2. The number of likely N-dealkylation sites (tertiary alicyclic amines) is 1. The number of benzene rings is 1. The van der Waals surface area contributed by atoms with Crippen molar-refractivity contribution in [2.45, 2.75) is 18.9 Å². The minimum Gasteiger partial charge on any atom is -0.497 e. The van der Waals surface area contributed by atoms with E-state index in [0.717, 1.165) is 56.0 Å². The number of rotatable bonds is 5. The second-order valence-electron chi connectivity index (χ2n) is 6.94. The zero-order chi connectivity index (χ0) is 19.8. The van der Waals surface area contributed by atoms with Crippen LogP contribution in [0.4, 0.5) is 5.13 Å². The Balaban J connectivity index is 1.63. The number of amides is 1. The predicted molar refractivity (Wildman–Crippen MR) is 114 cm³/mol.